The highest BCUT2D eigenvalue weighted by Gasteiger charge is 2.88. The van der Waals surface area contributed by atoms with Crippen molar-refractivity contribution >= 4 is 23.3 Å². The first-order valence-electron chi connectivity index (χ1n) is 26.5. The van der Waals surface area contributed by atoms with E-state index in [-0.39, 0.29) is 63.8 Å². The van der Waals surface area contributed by atoms with Crippen molar-refractivity contribution in [3.63, 3.8) is 0 Å². The summed E-state index contributed by atoms with van der Waals surface area (Å²) in [6.07, 6.45) is -15.5. The minimum Gasteiger partial charge on any atom is -0.508 e. The van der Waals surface area contributed by atoms with Crippen LogP contribution in [0.5, 0.6) is 80.5 Å². The fourth-order valence-corrected chi connectivity index (χ4v) is 14.6. The van der Waals surface area contributed by atoms with Gasteiger partial charge in [0.25, 0.3) is 0 Å². The van der Waals surface area contributed by atoms with Gasteiger partial charge in [-0.3, -0.25) is 14.4 Å². The molecule has 5 heterocycles. The van der Waals surface area contributed by atoms with E-state index in [1.165, 1.54) is 13.0 Å². The number of rotatable bonds is 5. The maximum Gasteiger partial charge on any atom is 0.338 e. The van der Waals surface area contributed by atoms with E-state index in [1.807, 2.05) is 0 Å². The highest BCUT2D eigenvalue weighted by Crippen LogP contribution is 2.74. The molecule has 0 saturated carbocycles. The van der Waals surface area contributed by atoms with Crippen LogP contribution in [-0.2, 0) is 45.4 Å². The van der Waals surface area contributed by atoms with E-state index in [4.69, 9.17) is 28.4 Å². The Labute approximate surface area is 471 Å². The Balaban J connectivity index is 1.15. The van der Waals surface area contributed by atoms with Gasteiger partial charge in [0.1, 0.15) is 93.4 Å². The van der Waals surface area contributed by atoms with Gasteiger partial charge in [-0.25, -0.2) is 4.79 Å². The second-order valence-corrected chi connectivity index (χ2v) is 22.3. The Morgan fingerprint density at radius 2 is 1.06 bits per heavy atom. The molecule has 84 heavy (non-hydrogen) atoms. The van der Waals surface area contributed by atoms with Gasteiger partial charge in [0.15, 0.2) is 28.8 Å². The fourth-order valence-electron chi connectivity index (χ4n) is 14.6. The van der Waals surface area contributed by atoms with Crippen molar-refractivity contribution in [2.24, 2.45) is 0 Å². The molecule has 0 aromatic heterocycles. The summed E-state index contributed by atoms with van der Waals surface area (Å²) < 4.78 is 38.9. The van der Waals surface area contributed by atoms with E-state index in [0.29, 0.717) is 0 Å². The number of hydrogen-bond donors (Lipinski definition) is 14. The molecule has 0 unspecified atom stereocenters. The first kappa shape index (κ1) is 52.6. The Kier molecular flexibility index (Phi) is 11.0. The second kappa shape index (κ2) is 17.5. The number of phenols is 10. The number of benzene rings is 6. The van der Waals surface area contributed by atoms with E-state index in [9.17, 15) is 76.3 Å². The van der Waals surface area contributed by atoms with Gasteiger partial charge in [0.05, 0.1) is 41.5 Å². The third-order valence-corrected chi connectivity index (χ3v) is 17.8. The van der Waals surface area contributed by atoms with Crippen molar-refractivity contribution in [1.82, 2.24) is 0 Å². The Hall–Kier alpha value is -9.46. The summed E-state index contributed by atoms with van der Waals surface area (Å²) in [5, 5.41) is 163. The SMILES string of the molecule is CCOC(=O)c1cc([C@H]2Oc3cc(O)cc(O)c3C[C@H]2O)cc2c1C(=O)C(=O)[C@]13O[C@@H]4Cc5c(O)cc(O)cc5O[C@@H]4[C@]21[C@@H]1C([C@H]2Oc4cc(O)cc(O)c4C[C@H]2O)=C[C@@]3(O)C(=O)c2c(O)c(O)cc([C@H]3Oc4cc(O)cc(O)c4C[C@H]3O)c21. The summed E-state index contributed by atoms with van der Waals surface area (Å²) in [6.45, 7) is 1.08. The number of esters is 1. The van der Waals surface area contributed by atoms with Crippen LogP contribution in [0.15, 0.2) is 78.4 Å². The molecule has 0 radical (unpaired) electrons. The molecule has 5 aliphatic heterocycles. The van der Waals surface area contributed by atoms with Gasteiger partial charge in [0, 0.05) is 114 Å². The molecule has 24 nitrogen and oxygen atoms in total. The van der Waals surface area contributed by atoms with Crippen LogP contribution in [0.4, 0.5) is 0 Å². The van der Waals surface area contributed by atoms with Crippen LogP contribution in [0.25, 0.3) is 0 Å². The molecule has 6 aromatic carbocycles. The van der Waals surface area contributed by atoms with Crippen molar-refractivity contribution in [3.8, 4) is 80.5 Å². The first-order valence-corrected chi connectivity index (χ1v) is 26.5. The number of Topliss-reactive ketones (excluding diaryl/α,β-unsaturated/α-hetero) is 3. The lowest BCUT2D eigenvalue weighted by molar-refractivity contribution is -0.178. The molecular weight excluding hydrogens is 1100 g/mol. The number of ether oxygens (including phenoxy) is 6. The van der Waals surface area contributed by atoms with Crippen molar-refractivity contribution in [1.29, 1.82) is 0 Å². The number of ketones is 3. The molecule has 4 aliphatic carbocycles. The van der Waals surface area contributed by atoms with E-state index in [1.54, 1.807) is 0 Å². The number of aliphatic hydroxyl groups is 4. The van der Waals surface area contributed by atoms with Gasteiger partial charge in [0.2, 0.25) is 17.3 Å². The predicted octanol–water partition coefficient (Wildman–Crippen LogP) is 3.15. The van der Waals surface area contributed by atoms with Gasteiger partial charge in [-0.2, -0.15) is 0 Å². The molecule has 432 valence electrons. The molecule has 12 atom stereocenters. The molecule has 6 aromatic rings. The number of phenolic OH excluding ortho intramolecular Hbond substituents is 10. The van der Waals surface area contributed by atoms with Crippen LogP contribution in [0.3, 0.4) is 0 Å². The largest absolute Gasteiger partial charge is 0.508 e. The molecule has 14 N–H and O–H groups in total. The van der Waals surface area contributed by atoms with Gasteiger partial charge in [-0.05, 0) is 47.4 Å². The normalized spacial score (nSPS) is 29.9. The molecule has 9 aliphatic rings. The average molecular weight is 1150 g/mol. The van der Waals surface area contributed by atoms with Gasteiger partial charge in [-0.15, -0.1) is 0 Å². The van der Waals surface area contributed by atoms with E-state index in [0.717, 1.165) is 66.7 Å². The molecule has 1 fully saturated rings. The lowest BCUT2D eigenvalue weighted by Gasteiger charge is -2.59. The summed E-state index contributed by atoms with van der Waals surface area (Å²) >= 11 is 0. The number of aromatic hydroxyl groups is 10. The highest BCUT2D eigenvalue weighted by molar-refractivity contribution is 6.50. The summed E-state index contributed by atoms with van der Waals surface area (Å²) in [5.41, 5.74) is -14.8. The molecule has 15 rings (SSSR count). The van der Waals surface area contributed by atoms with Crippen LogP contribution in [0, 0.1) is 0 Å². The van der Waals surface area contributed by atoms with Crippen molar-refractivity contribution in [2.45, 2.75) is 104 Å². The maximum atomic E-state index is 16.5. The van der Waals surface area contributed by atoms with Crippen LogP contribution in [0.1, 0.15) is 101 Å². The second-order valence-electron chi connectivity index (χ2n) is 22.3. The van der Waals surface area contributed by atoms with Crippen LogP contribution in [0.2, 0.25) is 0 Å². The number of carbonyl (C=O) groups excluding carboxylic acids is 4. The van der Waals surface area contributed by atoms with Crippen LogP contribution >= 0.6 is 0 Å². The lowest BCUT2D eigenvalue weighted by atomic mass is 9.43. The lowest BCUT2D eigenvalue weighted by Crippen LogP contribution is -2.78. The fraction of sp³-hybridized carbons (Fsp3) is 0.300. The standard InChI is InChI=1S/C60H48O24/c1-2-79-57(77)29-3-19(51-37(70)13-24-32(65)5-20(61)9-40(24)80-51)4-31-45(29)50(74)55(76)60-58(78)18-30(53-39(72)15-26-34(67)7-22(63)11-42(26)82-53)48(59(31,60)56-44(84-60)17-27-35(68)8-23(64)12-43(27)83-56)46-28(16-36(69)49(73)47(46)54(58)75)52-38(71)14-25-33(66)6-21(62)10-41(25)81-52/h3-12,16,18,37-39,44,48,51-53,56,61-73,78H,2,13-15,17H2,1H3/t37-,38-,39-,44-,48-,51-,52-,53-,56+,58-,59-,60-/m1/s1. The Morgan fingerprint density at radius 1 is 0.571 bits per heavy atom. The predicted molar refractivity (Wildman–Crippen MR) is 278 cm³/mol. The minimum absolute atomic E-state index is 0.0172. The molecule has 24 heteroatoms. The van der Waals surface area contributed by atoms with Crippen molar-refractivity contribution in [3.05, 3.63) is 140 Å². The quantitative estimate of drug-likeness (QED) is 0.0510. The Bertz CT molecular complexity index is 4060. The van der Waals surface area contributed by atoms with Gasteiger partial charge < -0.3 is 99.9 Å². The molecular formula is C60H48O24. The third-order valence-electron chi connectivity index (χ3n) is 17.8. The van der Waals surface area contributed by atoms with Crippen LogP contribution in [-0.4, -0.2) is 149 Å². The first-order chi connectivity index (χ1) is 39.9. The number of fused-ring (bicyclic) bond motifs is 6. The zero-order valence-electron chi connectivity index (χ0n) is 43.5. The summed E-state index contributed by atoms with van der Waals surface area (Å²) in [7, 11) is 0. The zero-order chi connectivity index (χ0) is 59.3. The van der Waals surface area contributed by atoms with E-state index < -0.39 is 210 Å². The van der Waals surface area contributed by atoms with Crippen LogP contribution < -0.4 is 18.9 Å². The topological polar surface area (TPSA) is 407 Å². The Morgan fingerprint density at radius 3 is 1.61 bits per heavy atom. The number of carbonyl (C=O) groups is 4. The van der Waals surface area contributed by atoms with Crippen molar-refractivity contribution < 1.29 is 119 Å². The molecule has 2 bridgehead atoms. The third kappa shape index (κ3) is 6.69. The maximum absolute atomic E-state index is 16.5. The smallest absolute Gasteiger partial charge is 0.338 e. The summed E-state index contributed by atoms with van der Waals surface area (Å²) in [6, 6.07) is 11.5. The molecule has 1 saturated heterocycles. The van der Waals surface area contributed by atoms with Gasteiger partial charge >= 0.3 is 5.97 Å². The van der Waals surface area contributed by atoms with E-state index in [2.05, 4.69) is 0 Å². The average Bonchev–Trinajstić information content (AvgIpc) is 1.39. The van der Waals surface area contributed by atoms with Gasteiger partial charge in [-0.1, -0.05) is 6.07 Å². The van der Waals surface area contributed by atoms with Crippen molar-refractivity contribution in [2.75, 3.05) is 6.61 Å². The summed E-state index contributed by atoms with van der Waals surface area (Å²) in [5.74, 6) is -15.9. The minimum atomic E-state index is -3.72. The monoisotopic (exact) mass is 1150 g/mol. The molecule has 0 spiro atoms. The van der Waals surface area contributed by atoms with E-state index >= 15 is 14.4 Å². The zero-order valence-corrected chi connectivity index (χ0v) is 43.5. The summed E-state index contributed by atoms with van der Waals surface area (Å²) in [4.78, 5) is 63.6. The highest BCUT2D eigenvalue weighted by atomic mass is 16.6. The number of hydrogen-bond acceptors (Lipinski definition) is 24. The molecule has 0 amide bonds. The number of aliphatic hydroxyl groups excluding tert-OH is 3.